The fourth-order valence-electron chi connectivity index (χ4n) is 9.97. The monoisotopic (exact) mass is 1140 g/mol. The molecular formula is C64H71N3O14S. The number of esters is 3. The molecule has 18 heteroatoms. The van der Waals surface area contributed by atoms with Crippen molar-refractivity contribution in [1.82, 2.24) is 11.0 Å². The molecule has 82 heavy (non-hydrogen) atoms. The lowest BCUT2D eigenvalue weighted by atomic mass is 9.92. The van der Waals surface area contributed by atoms with Gasteiger partial charge in [-0.05, 0) is 148 Å². The van der Waals surface area contributed by atoms with Crippen molar-refractivity contribution in [1.29, 1.82) is 0 Å². The third-order valence-corrected chi connectivity index (χ3v) is 15.4. The highest BCUT2D eigenvalue weighted by atomic mass is 32.2. The predicted molar refractivity (Wildman–Crippen MR) is 305 cm³/mol. The lowest BCUT2D eigenvalue weighted by molar-refractivity contribution is -0.161. The van der Waals surface area contributed by atoms with Crippen LogP contribution in [0.1, 0.15) is 80.3 Å². The van der Waals surface area contributed by atoms with Gasteiger partial charge in [-0.3, -0.25) is 39.2 Å². The Morgan fingerprint density at radius 3 is 1.56 bits per heavy atom. The molecule has 0 radical (unpaired) electrons. The molecule has 6 N–H and O–H groups in total. The minimum Gasteiger partial charge on any atom is -0.489 e. The Kier molecular flexibility index (Phi) is 20.6. The summed E-state index contributed by atoms with van der Waals surface area (Å²) in [6.07, 6.45) is 3.91. The Morgan fingerprint density at radius 1 is 0.573 bits per heavy atom. The first-order valence-corrected chi connectivity index (χ1v) is 28.1. The van der Waals surface area contributed by atoms with Gasteiger partial charge in [-0.25, -0.2) is 11.0 Å². The normalized spacial score (nSPS) is 20.8. The molecule has 3 aliphatic carbocycles. The van der Waals surface area contributed by atoms with Crippen molar-refractivity contribution in [2.24, 2.45) is 34.3 Å². The number of ether oxygens (including phenoxy) is 6. The number of hydroxylamine groups is 2. The molecule has 3 saturated carbocycles. The molecule has 6 aromatic carbocycles. The lowest BCUT2D eigenvalue weighted by Crippen LogP contribution is -2.35. The van der Waals surface area contributed by atoms with Crippen molar-refractivity contribution in [2.75, 3.05) is 20.0 Å². The maximum atomic E-state index is 12.5. The van der Waals surface area contributed by atoms with Crippen LogP contribution in [0.5, 0.6) is 17.2 Å². The molecule has 17 nitrogen and oxygen atoms in total. The van der Waals surface area contributed by atoms with E-state index in [2.05, 4.69) is 12.1 Å². The van der Waals surface area contributed by atoms with Crippen molar-refractivity contribution >= 4 is 47.4 Å². The number of amides is 3. The highest BCUT2D eigenvalue weighted by Gasteiger charge is 2.66. The van der Waals surface area contributed by atoms with Crippen LogP contribution < -0.4 is 30.9 Å². The quantitative estimate of drug-likeness (QED) is 0.0140. The standard InChI is InChI=1S/C24H28O5.C22H25NO5S.C18H18N2O4/c1-23(2,3)29-21(25)20-15-24(20,22(26)27-4)14-18-11-8-12-19(13-18)28-16-17-9-6-5-7-10-17;1-3-27-21(25)22(13-19(22)20(24)23-26)12-15-4-8-17(9-5-15)28-14-16-6-10-18(29-2)11-7-16;19-17(22)18(10-15(18)16(21)20-23)13-6-8-14(9-7-13)24-11-12-4-2-1-3-5-12/h5-13,20H,14-16H2,1-4H3;4-11,19,26H,3,12-14H2,1-2H3,(H,23,24);1-9,15,23H,10-11H2,(H2,19,22)(H,20,21)/t20-,24+;19-,22+;15-,18-/m011/s1. The van der Waals surface area contributed by atoms with Gasteiger partial charge < -0.3 is 34.2 Å². The van der Waals surface area contributed by atoms with E-state index in [0.29, 0.717) is 63.2 Å². The summed E-state index contributed by atoms with van der Waals surface area (Å²) < 4.78 is 33.1. The summed E-state index contributed by atoms with van der Waals surface area (Å²) in [5.41, 5.74) is 11.0. The van der Waals surface area contributed by atoms with Crippen LogP contribution in [-0.2, 0) is 81.1 Å². The number of hydrogen-bond donors (Lipinski definition) is 5. The Bertz CT molecular complexity index is 3140. The summed E-state index contributed by atoms with van der Waals surface area (Å²) in [7, 11) is 1.36. The molecule has 432 valence electrons. The third kappa shape index (κ3) is 15.6. The van der Waals surface area contributed by atoms with Crippen LogP contribution in [0.2, 0.25) is 0 Å². The molecule has 0 spiro atoms. The number of nitrogens with one attached hydrogen (secondary N) is 2. The van der Waals surface area contributed by atoms with Crippen LogP contribution in [0.4, 0.5) is 0 Å². The van der Waals surface area contributed by atoms with Gasteiger partial charge in [-0.2, -0.15) is 0 Å². The Labute approximate surface area is 482 Å². The van der Waals surface area contributed by atoms with E-state index in [1.807, 2.05) is 148 Å². The van der Waals surface area contributed by atoms with E-state index < -0.39 is 63.3 Å². The van der Waals surface area contributed by atoms with Crippen molar-refractivity contribution in [3.8, 4) is 17.2 Å². The molecule has 0 aromatic heterocycles. The molecule has 9 rings (SSSR count). The van der Waals surface area contributed by atoms with E-state index >= 15 is 0 Å². The molecule has 6 aromatic rings. The number of nitrogens with two attached hydrogens (primary N) is 1. The second kappa shape index (κ2) is 27.5. The molecule has 0 heterocycles. The number of primary amides is 1. The molecule has 3 fully saturated rings. The molecule has 0 saturated heterocycles. The van der Waals surface area contributed by atoms with Gasteiger partial charge in [0.15, 0.2) is 0 Å². The summed E-state index contributed by atoms with van der Waals surface area (Å²) >= 11 is 1.70. The lowest BCUT2D eigenvalue weighted by Gasteiger charge is -2.21. The maximum absolute atomic E-state index is 12.5. The SMILES string of the molecule is CCOC(=O)[C@@]1(Cc2ccc(OCc3ccc(SC)cc3)cc2)C[C@@H]1C(=O)NO.COC(=O)[C@]1(Cc2cccc(OCc3ccccc3)c2)C[C@H]1C(=O)OC(C)(C)C.NC(=O)[C@@]1(c2ccc(OCc3ccccc3)cc2)C[C@@H]1C(=O)NO. The summed E-state index contributed by atoms with van der Waals surface area (Å²) in [4.78, 5) is 73.9. The second-order valence-electron chi connectivity index (χ2n) is 21.5. The smallest absolute Gasteiger partial charge is 0.313 e. The second-order valence-corrected chi connectivity index (χ2v) is 22.3. The van der Waals surface area contributed by atoms with Crippen LogP contribution in [0.3, 0.4) is 0 Å². The zero-order valence-corrected chi connectivity index (χ0v) is 47.7. The largest absolute Gasteiger partial charge is 0.489 e. The summed E-state index contributed by atoms with van der Waals surface area (Å²) in [5.74, 6) is -2.44. The van der Waals surface area contributed by atoms with Crippen molar-refractivity contribution in [3.63, 3.8) is 0 Å². The van der Waals surface area contributed by atoms with Crippen molar-refractivity contribution in [2.45, 2.75) is 95.5 Å². The molecule has 6 atom stereocenters. The number of thioether (sulfide) groups is 1. The number of methoxy groups -OCH3 is 1. The van der Waals surface area contributed by atoms with Crippen molar-refractivity contribution in [3.05, 3.63) is 191 Å². The van der Waals surface area contributed by atoms with Crippen LogP contribution in [0, 0.1) is 28.6 Å². The number of rotatable bonds is 22. The molecule has 0 unspecified atom stereocenters. The van der Waals surface area contributed by atoms with Gasteiger partial charge in [0.2, 0.25) is 17.7 Å². The van der Waals surface area contributed by atoms with E-state index in [0.717, 1.165) is 39.3 Å². The van der Waals surface area contributed by atoms with Crippen LogP contribution in [-0.4, -0.2) is 71.6 Å². The highest BCUT2D eigenvalue weighted by Crippen LogP contribution is 2.58. The first-order chi connectivity index (χ1) is 39.3. The summed E-state index contributed by atoms with van der Waals surface area (Å²) in [6.45, 7) is 8.82. The first kappa shape index (κ1) is 61.4. The van der Waals surface area contributed by atoms with Crippen molar-refractivity contribution < 1.29 is 67.6 Å². The van der Waals surface area contributed by atoms with Crippen LogP contribution >= 0.6 is 11.8 Å². The number of carbonyl (C=O) groups is 6. The van der Waals surface area contributed by atoms with Gasteiger partial charge in [0.1, 0.15) is 42.7 Å². The first-order valence-electron chi connectivity index (χ1n) is 26.9. The molecule has 3 amide bonds. The Morgan fingerprint density at radius 2 is 1.05 bits per heavy atom. The van der Waals surface area contributed by atoms with E-state index in [9.17, 15) is 28.8 Å². The zero-order valence-electron chi connectivity index (χ0n) is 46.9. The zero-order chi connectivity index (χ0) is 59.1. The summed E-state index contributed by atoms with van der Waals surface area (Å²) in [6, 6.07) is 50.0. The fourth-order valence-corrected chi connectivity index (χ4v) is 10.4. The van der Waals surface area contributed by atoms with E-state index in [1.54, 1.807) is 53.9 Å². The topological polar surface area (TPSA) is 248 Å². The van der Waals surface area contributed by atoms with Gasteiger partial charge >= 0.3 is 17.9 Å². The van der Waals surface area contributed by atoms with Gasteiger partial charge in [0.05, 0.1) is 47.7 Å². The minimum absolute atomic E-state index is 0.249. The fraction of sp³-hybridized carbons (Fsp3) is 0.344. The van der Waals surface area contributed by atoms with E-state index in [4.69, 9.17) is 44.6 Å². The molecule has 0 bridgehead atoms. The number of hydrogen-bond acceptors (Lipinski definition) is 15. The summed E-state index contributed by atoms with van der Waals surface area (Å²) in [5, 5.41) is 17.7. The van der Waals surface area contributed by atoms with Gasteiger partial charge in [0, 0.05) is 4.90 Å². The number of benzene rings is 6. The van der Waals surface area contributed by atoms with Gasteiger partial charge in [-0.1, -0.05) is 109 Å². The van der Waals surface area contributed by atoms with Gasteiger partial charge in [0.25, 0.3) is 0 Å². The van der Waals surface area contributed by atoms with Crippen LogP contribution in [0.15, 0.2) is 163 Å². The molecule has 3 aliphatic rings. The average Bonchev–Trinajstić information content (AvgIpc) is 4.33. The minimum atomic E-state index is -1.05. The third-order valence-electron chi connectivity index (χ3n) is 14.7. The van der Waals surface area contributed by atoms with E-state index in [-0.39, 0.29) is 18.5 Å². The Balaban J connectivity index is 0.000000178. The highest BCUT2D eigenvalue weighted by molar-refractivity contribution is 7.98. The van der Waals surface area contributed by atoms with Gasteiger partial charge in [-0.15, -0.1) is 11.8 Å². The predicted octanol–water partition coefficient (Wildman–Crippen LogP) is 9.45. The van der Waals surface area contributed by atoms with E-state index in [1.165, 1.54) is 12.0 Å². The molecular weight excluding hydrogens is 1070 g/mol. The Hall–Kier alpha value is -8.19. The molecule has 0 aliphatic heterocycles. The van der Waals surface area contributed by atoms with Crippen LogP contribution in [0.25, 0.3) is 0 Å². The average molecular weight is 1140 g/mol. The number of carbonyl (C=O) groups excluding carboxylic acids is 6. The maximum Gasteiger partial charge on any atom is 0.313 e.